The van der Waals surface area contributed by atoms with Gasteiger partial charge in [-0.2, -0.15) is 5.10 Å². The molecule has 1 aromatic heterocycles. The van der Waals surface area contributed by atoms with Crippen LogP contribution in [0, 0.1) is 0 Å². The fraction of sp³-hybridized carbons (Fsp3) is 0.150. The number of amides is 2. The van der Waals surface area contributed by atoms with Crippen LogP contribution in [0.3, 0.4) is 0 Å². The van der Waals surface area contributed by atoms with Crippen LogP contribution in [-0.4, -0.2) is 28.2 Å². The van der Waals surface area contributed by atoms with Crippen molar-refractivity contribution in [3.63, 3.8) is 0 Å². The molecule has 0 unspecified atom stereocenters. The summed E-state index contributed by atoms with van der Waals surface area (Å²) < 4.78 is 7.07. The molecule has 3 N–H and O–H groups in total. The maximum atomic E-state index is 12.4. The van der Waals surface area contributed by atoms with E-state index in [2.05, 4.69) is 10.4 Å². The van der Waals surface area contributed by atoms with E-state index in [9.17, 15) is 9.59 Å². The largest absolute Gasteiger partial charge is 0.484 e. The van der Waals surface area contributed by atoms with Gasteiger partial charge in [-0.15, -0.1) is 0 Å². The molecule has 138 valence electrons. The highest BCUT2D eigenvalue weighted by Gasteiger charge is 2.08. The Morgan fingerprint density at radius 2 is 1.89 bits per heavy atom. The molecule has 0 fully saturated rings. The van der Waals surface area contributed by atoms with Crippen LogP contribution in [0.2, 0.25) is 0 Å². The summed E-state index contributed by atoms with van der Waals surface area (Å²) in [5.41, 5.74) is 7.60. The van der Waals surface area contributed by atoms with Gasteiger partial charge in [0.2, 0.25) is 0 Å². The number of nitrogens with zero attached hydrogens (tertiary/aromatic N) is 2. The van der Waals surface area contributed by atoms with Crippen LogP contribution in [-0.2, 0) is 17.9 Å². The molecule has 0 saturated carbocycles. The number of ether oxygens (including phenoxy) is 1. The number of benzene rings is 2. The second-order valence-corrected chi connectivity index (χ2v) is 5.99. The lowest BCUT2D eigenvalue weighted by atomic mass is 10.1. The van der Waals surface area contributed by atoms with Gasteiger partial charge in [-0.25, -0.2) is 0 Å². The Morgan fingerprint density at radius 3 is 2.67 bits per heavy atom. The van der Waals surface area contributed by atoms with Gasteiger partial charge in [0.15, 0.2) is 6.61 Å². The van der Waals surface area contributed by atoms with Gasteiger partial charge in [-0.05, 0) is 35.4 Å². The molecule has 0 atom stereocenters. The summed E-state index contributed by atoms with van der Waals surface area (Å²) in [6.07, 6.45) is 3.65. The highest BCUT2D eigenvalue weighted by molar-refractivity contribution is 5.94. The summed E-state index contributed by atoms with van der Waals surface area (Å²) in [6.45, 7) is 0.848. The van der Waals surface area contributed by atoms with E-state index in [-0.39, 0.29) is 12.5 Å². The van der Waals surface area contributed by atoms with Gasteiger partial charge < -0.3 is 15.8 Å². The van der Waals surface area contributed by atoms with Crippen LogP contribution in [0.5, 0.6) is 5.75 Å². The lowest BCUT2D eigenvalue weighted by Crippen LogP contribution is -2.23. The zero-order valence-corrected chi connectivity index (χ0v) is 14.7. The minimum Gasteiger partial charge on any atom is -0.484 e. The van der Waals surface area contributed by atoms with Crippen LogP contribution in [0.15, 0.2) is 67.0 Å². The maximum Gasteiger partial charge on any atom is 0.255 e. The molecule has 3 rings (SSSR count). The highest BCUT2D eigenvalue weighted by atomic mass is 16.5. The van der Waals surface area contributed by atoms with Crippen LogP contribution in [0.1, 0.15) is 21.5 Å². The lowest BCUT2D eigenvalue weighted by Gasteiger charge is -2.09. The van der Waals surface area contributed by atoms with Crippen LogP contribution in [0.4, 0.5) is 0 Å². The number of nitrogens with one attached hydrogen (secondary N) is 1. The molecule has 0 saturated heterocycles. The number of carbonyl (C=O) groups excluding carboxylic acids is 2. The molecule has 0 aliphatic rings. The van der Waals surface area contributed by atoms with Gasteiger partial charge in [0, 0.05) is 24.5 Å². The van der Waals surface area contributed by atoms with Crippen molar-refractivity contribution in [2.45, 2.75) is 13.1 Å². The van der Waals surface area contributed by atoms with Crippen molar-refractivity contribution in [1.29, 1.82) is 0 Å². The number of aromatic nitrogens is 2. The number of nitrogens with two attached hydrogens (primary N) is 1. The zero-order valence-electron chi connectivity index (χ0n) is 14.7. The molecule has 27 heavy (non-hydrogen) atoms. The Balaban J connectivity index is 1.59. The molecule has 0 aliphatic heterocycles. The number of hydrogen-bond acceptors (Lipinski definition) is 4. The van der Waals surface area contributed by atoms with Crippen molar-refractivity contribution in [2.75, 3.05) is 6.61 Å². The molecule has 0 bridgehead atoms. The highest BCUT2D eigenvalue weighted by Crippen LogP contribution is 2.13. The van der Waals surface area contributed by atoms with E-state index in [1.807, 2.05) is 41.2 Å². The average Bonchev–Trinajstić information content (AvgIpc) is 3.18. The molecule has 3 aromatic rings. The Hall–Kier alpha value is -3.61. The number of primary amides is 1. The third-order valence-corrected chi connectivity index (χ3v) is 3.83. The van der Waals surface area contributed by atoms with Gasteiger partial charge in [-0.3, -0.25) is 14.3 Å². The molecule has 7 nitrogen and oxygen atoms in total. The van der Waals surface area contributed by atoms with Crippen molar-refractivity contribution < 1.29 is 14.3 Å². The van der Waals surface area contributed by atoms with Gasteiger partial charge in [0.05, 0.1) is 6.54 Å². The predicted octanol–water partition coefficient (Wildman–Crippen LogP) is 1.73. The minimum absolute atomic E-state index is 0.225. The van der Waals surface area contributed by atoms with E-state index >= 15 is 0 Å². The predicted molar refractivity (Wildman–Crippen MR) is 100 cm³/mol. The Kier molecular flexibility index (Phi) is 5.84. The molecule has 2 amide bonds. The van der Waals surface area contributed by atoms with Gasteiger partial charge in [0.1, 0.15) is 5.75 Å². The molecule has 2 aromatic carbocycles. The molecule has 0 aliphatic carbocycles. The van der Waals surface area contributed by atoms with E-state index in [4.69, 9.17) is 10.5 Å². The first-order valence-corrected chi connectivity index (χ1v) is 8.45. The Morgan fingerprint density at radius 1 is 1.07 bits per heavy atom. The zero-order chi connectivity index (χ0) is 19.1. The van der Waals surface area contributed by atoms with E-state index in [0.29, 0.717) is 24.4 Å². The Bertz CT molecular complexity index is 922. The average molecular weight is 364 g/mol. The topological polar surface area (TPSA) is 99.2 Å². The summed E-state index contributed by atoms with van der Waals surface area (Å²) in [7, 11) is 0. The third-order valence-electron chi connectivity index (χ3n) is 3.83. The van der Waals surface area contributed by atoms with E-state index in [0.717, 1.165) is 11.1 Å². The van der Waals surface area contributed by atoms with Crippen molar-refractivity contribution in [3.8, 4) is 5.75 Å². The first kappa shape index (κ1) is 18.2. The SMILES string of the molecule is NC(=O)COc1cccc(C(=O)NCc2cccc(Cn3cccn3)c2)c1. The van der Waals surface area contributed by atoms with Crippen LogP contribution >= 0.6 is 0 Å². The van der Waals surface area contributed by atoms with E-state index in [1.54, 1.807) is 30.5 Å². The normalized spacial score (nSPS) is 10.4. The molecule has 0 spiro atoms. The molecule has 7 heteroatoms. The first-order valence-electron chi connectivity index (χ1n) is 8.45. The Labute approximate surface area is 156 Å². The smallest absolute Gasteiger partial charge is 0.255 e. The fourth-order valence-electron chi connectivity index (χ4n) is 2.58. The lowest BCUT2D eigenvalue weighted by molar-refractivity contribution is -0.119. The van der Waals surface area contributed by atoms with Gasteiger partial charge in [0.25, 0.3) is 11.8 Å². The van der Waals surface area contributed by atoms with Gasteiger partial charge in [-0.1, -0.05) is 30.3 Å². The van der Waals surface area contributed by atoms with Gasteiger partial charge >= 0.3 is 0 Å². The summed E-state index contributed by atoms with van der Waals surface area (Å²) in [5.74, 6) is -0.375. The monoisotopic (exact) mass is 364 g/mol. The minimum atomic E-state index is -0.570. The number of rotatable bonds is 8. The second-order valence-electron chi connectivity index (χ2n) is 5.99. The first-order chi connectivity index (χ1) is 13.1. The van der Waals surface area contributed by atoms with Crippen molar-refractivity contribution in [3.05, 3.63) is 83.7 Å². The maximum absolute atomic E-state index is 12.4. The van der Waals surface area contributed by atoms with Crippen molar-refractivity contribution in [1.82, 2.24) is 15.1 Å². The van der Waals surface area contributed by atoms with Crippen LogP contribution < -0.4 is 15.8 Å². The third kappa shape index (κ3) is 5.43. The fourth-order valence-corrected chi connectivity index (χ4v) is 2.58. The second kappa shape index (κ2) is 8.66. The summed E-state index contributed by atoms with van der Waals surface area (Å²) in [5, 5.41) is 7.08. The van der Waals surface area contributed by atoms with Crippen molar-refractivity contribution >= 4 is 11.8 Å². The molecule has 0 radical (unpaired) electrons. The quantitative estimate of drug-likeness (QED) is 0.636. The van der Waals surface area contributed by atoms with Crippen LogP contribution in [0.25, 0.3) is 0 Å². The summed E-state index contributed by atoms with van der Waals surface area (Å²) in [6, 6.07) is 16.5. The molecule has 1 heterocycles. The summed E-state index contributed by atoms with van der Waals surface area (Å²) >= 11 is 0. The standard InChI is InChI=1S/C20H20N4O3/c21-19(25)14-27-18-7-2-6-17(11-18)20(26)22-12-15-4-1-5-16(10-15)13-24-9-3-8-23-24/h1-11H,12-14H2,(H2,21,25)(H,22,26). The number of carbonyl (C=O) groups is 2. The van der Waals surface area contributed by atoms with E-state index < -0.39 is 5.91 Å². The van der Waals surface area contributed by atoms with E-state index in [1.165, 1.54) is 0 Å². The summed E-state index contributed by atoms with van der Waals surface area (Å²) in [4.78, 5) is 23.2. The number of hydrogen-bond donors (Lipinski definition) is 2. The molecular formula is C20H20N4O3. The van der Waals surface area contributed by atoms with Crippen molar-refractivity contribution in [2.24, 2.45) is 5.73 Å². The molecular weight excluding hydrogens is 344 g/mol.